The molecule has 2 rings (SSSR count). The summed E-state index contributed by atoms with van der Waals surface area (Å²) >= 11 is 0. The SMILES string of the molecule is Cc1nccc(C(NN)c2c(F)ccc(C)c2F)n1. The number of hydrogen-bond acceptors (Lipinski definition) is 4. The highest BCUT2D eigenvalue weighted by atomic mass is 19.1. The van der Waals surface area contributed by atoms with E-state index < -0.39 is 17.7 Å². The minimum absolute atomic E-state index is 0.138. The second-order valence-corrected chi connectivity index (χ2v) is 4.22. The molecule has 0 aliphatic heterocycles. The highest BCUT2D eigenvalue weighted by molar-refractivity contribution is 5.33. The van der Waals surface area contributed by atoms with Gasteiger partial charge in [-0.3, -0.25) is 5.84 Å². The van der Waals surface area contributed by atoms with Crippen LogP contribution in [-0.4, -0.2) is 9.97 Å². The monoisotopic (exact) mass is 264 g/mol. The van der Waals surface area contributed by atoms with Crippen molar-refractivity contribution >= 4 is 0 Å². The fourth-order valence-electron chi connectivity index (χ4n) is 1.89. The van der Waals surface area contributed by atoms with Crippen molar-refractivity contribution in [2.24, 2.45) is 5.84 Å². The van der Waals surface area contributed by atoms with Crippen LogP contribution in [0.5, 0.6) is 0 Å². The molecule has 1 aromatic heterocycles. The molecule has 0 radical (unpaired) electrons. The van der Waals surface area contributed by atoms with Gasteiger partial charge in [-0.2, -0.15) is 0 Å². The molecular formula is C13H14F2N4. The quantitative estimate of drug-likeness (QED) is 0.656. The van der Waals surface area contributed by atoms with Gasteiger partial charge in [-0.1, -0.05) is 6.07 Å². The second kappa shape index (κ2) is 5.38. The molecule has 1 heterocycles. The lowest BCUT2D eigenvalue weighted by atomic mass is 10.00. The van der Waals surface area contributed by atoms with Crippen LogP contribution >= 0.6 is 0 Å². The fraction of sp³-hybridized carbons (Fsp3) is 0.231. The largest absolute Gasteiger partial charge is 0.271 e. The Hall–Kier alpha value is -1.92. The first kappa shape index (κ1) is 13.5. The maximum absolute atomic E-state index is 14.1. The highest BCUT2D eigenvalue weighted by Gasteiger charge is 2.23. The molecule has 0 saturated heterocycles. The molecule has 0 spiro atoms. The number of nitrogens with one attached hydrogen (secondary N) is 1. The van der Waals surface area contributed by atoms with Crippen LogP contribution in [0, 0.1) is 25.5 Å². The Bertz CT molecular complexity index is 601. The lowest BCUT2D eigenvalue weighted by Gasteiger charge is -2.18. The van der Waals surface area contributed by atoms with Gasteiger partial charge < -0.3 is 0 Å². The number of benzene rings is 1. The van der Waals surface area contributed by atoms with Crippen LogP contribution in [-0.2, 0) is 0 Å². The first-order valence-electron chi connectivity index (χ1n) is 5.74. The zero-order valence-electron chi connectivity index (χ0n) is 10.6. The molecule has 1 atom stereocenters. The van der Waals surface area contributed by atoms with Crippen molar-refractivity contribution in [2.45, 2.75) is 19.9 Å². The van der Waals surface area contributed by atoms with E-state index in [-0.39, 0.29) is 5.56 Å². The maximum Gasteiger partial charge on any atom is 0.134 e. The van der Waals surface area contributed by atoms with E-state index in [0.29, 0.717) is 17.1 Å². The molecule has 1 unspecified atom stereocenters. The number of nitrogens with two attached hydrogens (primary N) is 1. The van der Waals surface area contributed by atoms with E-state index in [1.54, 1.807) is 19.9 Å². The first-order chi connectivity index (χ1) is 9.04. The van der Waals surface area contributed by atoms with Gasteiger partial charge in [-0.15, -0.1) is 0 Å². The van der Waals surface area contributed by atoms with Crippen molar-refractivity contribution < 1.29 is 8.78 Å². The smallest absolute Gasteiger partial charge is 0.134 e. The summed E-state index contributed by atoms with van der Waals surface area (Å²) in [6.07, 6.45) is 1.52. The van der Waals surface area contributed by atoms with E-state index in [9.17, 15) is 8.78 Å². The average molecular weight is 264 g/mol. The number of hydrogen-bond donors (Lipinski definition) is 2. The minimum atomic E-state index is -0.860. The number of rotatable bonds is 3. The van der Waals surface area contributed by atoms with Crippen LogP contribution in [0.25, 0.3) is 0 Å². The van der Waals surface area contributed by atoms with Crippen molar-refractivity contribution in [3.8, 4) is 0 Å². The van der Waals surface area contributed by atoms with Crippen molar-refractivity contribution in [1.29, 1.82) is 0 Å². The number of halogens is 2. The number of hydrazine groups is 1. The number of nitrogens with zero attached hydrogens (tertiary/aromatic N) is 2. The summed E-state index contributed by atoms with van der Waals surface area (Å²) in [5.74, 6) is 4.65. The predicted octanol–water partition coefficient (Wildman–Crippen LogP) is 1.92. The van der Waals surface area contributed by atoms with Gasteiger partial charge in [0.25, 0.3) is 0 Å². The predicted molar refractivity (Wildman–Crippen MR) is 67.0 cm³/mol. The van der Waals surface area contributed by atoms with Gasteiger partial charge in [0.15, 0.2) is 0 Å². The lowest BCUT2D eigenvalue weighted by molar-refractivity contribution is 0.500. The summed E-state index contributed by atoms with van der Waals surface area (Å²) < 4.78 is 28.0. The third kappa shape index (κ3) is 2.59. The Morgan fingerprint density at radius 1 is 1.21 bits per heavy atom. The van der Waals surface area contributed by atoms with E-state index in [2.05, 4.69) is 15.4 Å². The Balaban J connectivity index is 2.57. The van der Waals surface area contributed by atoms with Crippen LogP contribution in [0.1, 0.15) is 28.7 Å². The van der Waals surface area contributed by atoms with Crippen molar-refractivity contribution in [2.75, 3.05) is 0 Å². The van der Waals surface area contributed by atoms with Crippen molar-refractivity contribution in [1.82, 2.24) is 15.4 Å². The van der Waals surface area contributed by atoms with Crippen LogP contribution in [0.15, 0.2) is 24.4 Å². The second-order valence-electron chi connectivity index (χ2n) is 4.22. The van der Waals surface area contributed by atoms with Crippen molar-refractivity contribution in [3.05, 3.63) is 58.7 Å². The van der Waals surface area contributed by atoms with Gasteiger partial charge in [0, 0.05) is 11.8 Å². The summed E-state index contributed by atoms with van der Waals surface area (Å²) in [5, 5.41) is 0. The van der Waals surface area contributed by atoms with Crippen LogP contribution in [0.3, 0.4) is 0 Å². The molecule has 0 aliphatic carbocycles. The Morgan fingerprint density at radius 2 is 1.95 bits per heavy atom. The molecule has 0 amide bonds. The molecule has 4 nitrogen and oxygen atoms in total. The molecule has 100 valence electrons. The van der Waals surface area contributed by atoms with Gasteiger partial charge in [-0.05, 0) is 31.5 Å². The fourth-order valence-corrected chi connectivity index (χ4v) is 1.89. The Kier molecular flexibility index (Phi) is 3.82. The Labute approximate surface area is 109 Å². The highest BCUT2D eigenvalue weighted by Crippen LogP contribution is 2.26. The zero-order valence-corrected chi connectivity index (χ0v) is 10.6. The van der Waals surface area contributed by atoms with Gasteiger partial charge in [-0.25, -0.2) is 24.2 Å². The normalized spacial score (nSPS) is 12.5. The van der Waals surface area contributed by atoms with Gasteiger partial charge >= 0.3 is 0 Å². The summed E-state index contributed by atoms with van der Waals surface area (Å²) in [6.45, 7) is 3.26. The summed E-state index contributed by atoms with van der Waals surface area (Å²) in [7, 11) is 0. The van der Waals surface area contributed by atoms with E-state index in [1.807, 2.05) is 0 Å². The van der Waals surface area contributed by atoms with Crippen molar-refractivity contribution in [3.63, 3.8) is 0 Å². The molecule has 2 aromatic rings. The first-order valence-corrected chi connectivity index (χ1v) is 5.74. The van der Waals surface area contributed by atoms with E-state index in [0.717, 1.165) is 0 Å². The summed E-state index contributed by atoms with van der Waals surface area (Å²) in [4.78, 5) is 8.09. The lowest BCUT2D eigenvalue weighted by Crippen LogP contribution is -2.31. The molecule has 0 bridgehead atoms. The number of aryl methyl sites for hydroxylation is 2. The Morgan fingerprint density at radius 3 is 2.58 bits per heavy atom. The third-order valence-electron chi connectivity index (χ3n) is 2.87. The molecule has 19 heavy (non-hydrogen) atoms. The number of aromatic nitrogens is 2. The summed E-state index contributed by atoms with van der Waals surface area (Å²) in [5.41, 5.74) is 3.03. The van der Waals surface area contributed by atoms with Crippen LogP contribution in [0.2, 0.25) is 0 Å². The molecule has 0 aliphatic rings. The topological polar surface area (TPSA) is 63.8 Å². The average Bonchev–Trinajstić information content (AvgIpc) is 2.39. The van der Waals surface area contributed by atoms with E-state index in [4.69, 9.17) is 5.84 Å². The minimum Gasteiger partial charge on any atom is -0.271 e. The molecular weight excluding hydrogens is 250 g/mol. The standard InChI is InChI=1S/C13H14F2N4/c1-7-3-4-9(14)11(12(7)15)13(19-16)10-5-6-17-8(2)18-10/h3-6,13,19H,16H2,1-2H3. The van der Waals surface area contributed by atoms with Crippen LogP contribution in [0.4, 0.5) is 8.78 Å². The summed E-state index contributed by atoms with van der Waals surface area (Å²) in [6, 6.07) is 3.30. The molecule has 1 aromatic carbocycles. The van der Waals surface area contributed by atoms with Gasteiger partial charge in [0.1, 0.15) is 17.5 Å². The zero-order chi connectivity index (χ0) is 14.0. The molecule has 0 fully saturated rings. The molecule has 3 N–H and O–H groups in total. The maximum atomic E-state index is 14.1. The van der Waals surface area contributed by atoms with E-state index >= 15 is 0 Å². The van der Waals surface area contributed by atoms with E-state index in [1.165, 1.54) is 18.3 Å². The molecule has 0 saturated carbocycles. The molecule has 6 heteroatoms. The van der Waals surface area contributed by atoms with Crippen LogP contribution < -0.4 is 11.3 Å². The third-order valence-corrected chi connectivity index (χ3v) is 2.87. The van der Waals surface area contributed by atoms with Gasteiger partial charge in [0.05, 0.1) is 11.7 Å². The van der Waals surface area contributed by atoms with Gasteiger partial charge in [0.2, 0.25) is 0 Å².